The largest absolute Gasteiger partial charge is 0.398 e. The molecule has 0 bridgehead atoms. The highest BCUT2D eigenvalue weighted by Crippen LogP contribution is 2.12. The quantitative estimate of drug-likeness (QED) is 0.331. The topological polar surface area (TPSA) is 112 Å². The van der Waals surface area contributed by atoms with Gasteiger partial charge in [-0.15, -0.1) is 0 Å². The molecule has 0 aliphatic heterocycles. The van der Waals surface area contributed by atoms with E-state index in [0.717, 1.165) is 35.3 Å². The van der Waals surface area contributed by atoms with E-state index in [0.29, 0.717) is 39.5 Å². The van der Waals surface area contributed by atoms with Crippen LogP contribution in [0.15, 0.2) is 48.5 Å². The lowest BCUT2D eigenvalue weighted by Gasteiger charge is -2.09. The second-order valence-electron chi connectivity index (χ2n) is 6.39. The molecule has 0 atom stereocenters. The molecular weight excluding hydrogens is 356 g/mol. The Bertz CT molecular complexity index is 665. The van der Waals surface area contributed by atoms with E-state index in [4.69, 9.17) is 20.9 Å². The van der Waals surface area contributed by atoms with Crippen LogP contribution in [0.25, 0.3) is 0 Å². The van der Waals surface area contributed by atoms with Crippen LogP contribution in [0.3, 0.4) is 0 Å². The van der Waals surface area contributed by atoms with Crippen LogP contribution >= 0.6 is 0 Å². The van der Waals surface area contributed by atoms with E-state index >= 15 is 0 Å². The van der Waals surface area contributed by atoms with Gasteiger partial charge in [-0.05, 0) is 25.0 Å². The van der Waals surface area contributed by atoms with Crippen LogP contribution in [0.4, 0.5) is 16.2 Å². The van der Waals surface area contributed by atoms with Gasteiger partial charge in [-0.2, -0.15) is 0 Å². The summed E-state index contributed by atoms with van der Waals surface area (Å²) in [6, 6.07) is 15.1. The summed E-state index contributed by atoms with van der Waals surface area (Å²) in [5, 5.41) is 5.61. The standard InChI is InChI=1S/C21H30N4O3/c22-19-9-3-1-7-17(19)15-27-13-5-11-24-21(26)25-12-6-14-28-16-18-8-2-4-10-20(18)23/h1-4,7-10H,5-6,11-16,22-23H2,(H2,24,25,26). The van der Waals surface area contributed by atoms with Gasteiger partial charge in [0.1, 0.15) is 0 Å². The normalized spacial score (nSPS) is 10.6. The second-order valence-corrected chi connectivity index (χ2v) is 6.39. The summed E-state index contributed by atoms with van der Waals surface area (Å²) >= 11 is 0. The Morgan fingerprint density at radius 1 is 0.750 bits per heavy atom. The van der Waals surface area contributed by atoms with Crippen LogP contribution in [0.5, 0.6) is 0 Å². The fraction of sp³-hybridized carbons (Fsp3) is 0.381. The lowest BCUT2D eigenvalue weighted by atomic mass is 10.2. The van der Waals surface area contributed by atoms with Crippen LogP contribution in [-0.2, 0) is 22.7 Å². The molecule has 0 saturated carbocycles. The SMILES string of the molecule is Nc1ccccc1COCCCNC(=O)NCCCOCc1ccccc1N. The Kier molecular flexibility index (Phi) is 9.68. The molecule has 7 heteroatoms. The summed E-state index contributed by atoms with van der Waals surface area (Å²) in [7, 11) is 0. The van der Waals surface area contributed by atoms with Gasteiger partial charge in [0.25, 0.3) is 0 Å². The summed E-state index contributed by atoms with van der Waals surface area (Å²) in [6.07, 6.45) is 1.48. The predicted octanol–water partition coefficient (Wildman–Crippen LogP) is 2.66. The molecule has 28 heavy (non-hydrogen) atoms. The van der Waals surface area contributed by atoms with Crippen molar-refractivity contribution in [2.45, 2.75) is 26.1 Å². The highest BCUT2D eigenvalue weighted by molar-refractivity contribution is 5.73. The minimum atomic E-state index is -0.181. The van der Waals surface area contributed by atoms with Gasteiger partial charge in [0.2, 0.25) is 0 Å². The van der Waals surface area contributed by atoms with E-state index in [-0.39, 0.29) is 6.03 Å². The van der Waals surface area contributed by atoms with Gasteiger partial charge >= 0.3 is 6.03 Å². The Hall–Kier alpha value is -2.77. The maximum atomic E-state index is 11.7. The predicted molar refractivity (Wildman–Crippen MR) is 112 cm³/mol. The van der Waals surface area contributed by atoms with Crippen molar-refractivity contribution in [2.75, 3.05) is 37.8 Å². The average Bonchev–Trinajstić information content (AvgIpc) is 2.70. The van der Waals surface area contributed by atoms with E-state index in [1.807, 2.05) is 48.5 Å². The van der Waals surface area contributed by atoms with E-state index in [9.17, 15) is 4.79 Å². The average molecular weight is 386 g/mol. The number of anilines is 2. The van der Waals surface area contributed by atoms with Crippen LogP contribution < -0.4 is 22.1 Å². The Morgan fingerprint density at radius 2 is 1.18 bits per heavy atom. The number of amides is 2. The highest BCUT2D eigenvalue weighted by atomic mass is 16.5. The van der Waals surface area contributed by atoms with Gasteiger partial charge in [-0.25, -0.2) is 4.79 Å². The maximum absolute atomic E-state index is 11.7. The number of para-hydroxylation sites is 2. The molecule has 0 radical (unpaired) electrons. The molecule has 7 nitrogen and oxygen atoms in total. The number of rotatable bonds is 12. The molecule has 2 rings (SSSR count). The van der Waals surface area contributed by atoms with Crippen molar-refractivity contribution in [3.05, 3.63) is 59.7 Å². The number of urea groups is 1. The van der Waals surface area contributed by atoms with E-state index < -0.39 is 0 Å². The Balaban J connectivity index is 1.42. The van der Waals surface area contributed by atoms with Gasteiger partial charge in [0, 0.05) is 48.8 Å². The third-order valence-corrected chi connectivity index (χ3v) is 4.13. The summed E-state index contributed by atoms with van der Waals surface area (Å²) in [6.45, 7) is 3.19. The van der Waals surface area contributed by atoms with Gasteiger partial charge < -0.3 is 31.6 Å². The summed E-state index contributed by atoms with van der Waals surface area (Å²) < 4.78 is 11.2. The first-order valence-corrected chi connectivity index (χ1v) is 9.51. The molecule has 2 amide bonds. The number of hydrogen-bond donors (Lipinski definition) is 4. The fourth-order valence-electron chi connectivity index (χ4n) is 2.51. The molecule has 2 aromatic rings. The molecule has 0 fully saturated rings. The number of carbonyl (C=O) groups is 1. The zero-order chi connectivity index (χ0) is 20.0. The number of hydrogen-bond acceptors (Lipinski definition) is 5. The van der Waals surface area contributed by atoms with Crippen molar-refractivity contribution < 1.29 is 14.3 Å². The molecule has 2 aromatic carbocycles. The highest BCUT2D eigenvalue weighted by Gasteiger charge is 2.01. The summed E-state index contributed by atoms with van der Waals surface area (Å²) in [4.78, 5) is 11.7. The second kappa shape index (κ2) is 12.6. The number of carbonyl (C=O) groups excluding carboxylic acids is 1. The van der Waals surface area contributed by atoms with Crippen molar-refractivity contribution >= 4 is 17.4 Å². The maximum Gasteiger partial charge on any atom is 0.314 e. The number of ether oxygens (including phenoxy) is 2. The van der Waals surface area contributed by atoms with Crippen molar-refractivity contribution in [3.8, 4) is 0 Å². The number of nitrogens with one attached hydrogen (secondary N) is 2. The Morgan fingerprint density at radius 3 is 1.61 bits per heavy atom. The van der Waals surface area contributed by atoms with Crippen LogP contribution in [0, 0.1) is 0 Å². The van der Waals surface area contributed by atoms with E-state index in [2.05, 4.69) is 10.6 Å². The minimum Gasteiger partial charge on any atom is -0.398 e. The van der Waals surface area contributed by atoms with E-state index in [1.54, 1.807) is 0 Å². The monoisotopic (exact) mass is 386 g/mol. The number of nitrogen functional groups attached to an aromatic ring is 2. The van der Waals surface area contributed by atoms with Crippen molar-refractivity contribution in [2.24, 2.45) is 0 Å². The molecule has 0 aliphatic carbocycles. The zero-order valence-corrected chi connectivity index (χ0v) is 16.2. The third-order valence-electron chi connectivity index (χ3n) is 4.13. The van der Waals surface area contributed by atoms with Crippen molar-refractivity contribution in [1.82, 2.24) is 10.6 Å². The lowest BCUT2D eigenvalue weighted by molar-refractivity contribution is 0.118. The number of benzene rings is 2. The first-order valence-electron chi connectivity index (χ1n) is 9.51. The van der Waals surface area contributed by atoms with Crippen molar-refractivity contribution in [1.29, 1.82) is 0 Å². The molecule has 0 spiro atoms. The van der Waals surface area contributed by atoms with E-state index in [1.165, 1.54) is 0 Å². The fourth-order valence-corrected chi connectivity index (χ4v) is 2.51. The van der Waals surface area contributed by atoms with Gasteiger partial charge in [0.05, 0.1) is 13.2 Å². The molecule has 0 aromatic heterocycles. The van der Waals surface area contributed by atoms with Crippen LogP contribution in [-0.4, -0.2) is 32.3 Å². The smallest absolute Gasteiger partial charge is 0.314 e. The zero-order valence-electron chi connectivity index (χ0n) is 16.2. The van der Waals surface area contributed by atoms with Gasteiger partial charge in [-0.1, -0.05) is 36.4 Å². The van der Waals surface area contributed by atoms with Gasteiger partial charge in [-0.3, -0.25) is 0 Å². The molecular formula is C21H30N4O3. The van der Waals surface area contributed by atoms with Gasteiger partial charge in [0.15, 0.2) is 0 Å². The number of nitrogens with two attached hydrogens (primary N) is 2. The summed E-state index contributed by atoms with van der Waals surface area (Å²) in [5.41, 5.74) is 15.1. The molecule has 0 heterocycles. The minimum absolute atomic E-state index is 0.181. The van der Waals surface area contributed by atoms with Crippen molar-refractivity contribution in [3.63, 3.8) is 0 Å². The Labute approximate surface area is 166 Å². The molecule has 152 valence electrons. The summed E-state index contributed by atoms with van der Waals surface area (Å²) in [5.74, 6) is 0. The van der Waals surface area contributed by atoms with Crippen LogP contribution in [0.1, 0.15) is 24.0 Å². The molecule has 0 unspecified atom stereocenters. The first kappa shape index (κ1) is 21.5. The molecule has 6 N–H and O–H groups in total. The molecule has 0 aliphatic rings. The lowest BCUT2D eigenvalue weighted by Crippen LogP contribution is -2.37. The molecule has 0 saturated heterocycles. The third kappa shape index (κ3) is 8.28. The first-order chi connectivity index (χ1) is 13.7. The van der Waals surface area contributed by atoms with Crippen LogP contribution in [0.2, 0.25) is 0 Å².